The molecule has 0 amide bonds. The second-order valence-corrected chi connectivity index (χ2v) is 7.96. The van der Waals surface area contributed by atoms with E-state index in [1.165, 1.54) is 9.25 Å². The van der Waals surface area contributed by atoms with Crippen LogP contribution < -0.4 is 10.4 Å². The molecule has 0 saturated carbocycles. The topological polar surface area (TPSA) is 98.9 Å². The lowest BCUT2D eigenvalue weighted by atomic mass is 10.1. The molecule has 2 heterocycles. The first-order valence-electron chi connectivity index (χ1n) is 8.41. The van der Waals surface area contributed by atoms with Gasteiger partial charge in [-0.15, -0.1) is 5.10 Å². The maximum absolute atomic E-state index is 12.5. The van der Waals surface area contributed by atoms with Crippen molar-refractivity contribution in [3.05, 3.63) is 64.3 Å². The van der Waals surface area contributed by atoms with Gasteiger partial charge >= 0.3 is 5.69 Å². The Morgan fingerprint density at radius 1 is 1.15 bits per heavy atom. The summed E-state index contributed by atoms with van der Waals surface area (Å²) >= 11 is 0. The predicted octanol–water partition coefficient (Wildman–Crippen LogP) is 1.24. The number of hydrogen-bond donors (Lipinski definition) is 1. The van der Waals surface area contributed by atoms with Crippen LogP contribution >= 0.6 is 0 Å². The summed E-state index contributed by atoms with van der Waals surface area (Å²) in [6, 6.07) is 8.71. The minimum Gasteiger partial charge on any atom is -0.278 e. The Morgan fingerprint density at radius 2 is 1.93 bits per heavy atom. The van der Waals surface area contributed by atoms with E-state index in [4.69, 9.17) is 0 Å². The Hall–Kier alpha value is -2.78. The van der Waals surface area contributed by atoms with E-state index in [9.17, 15) is 13.2 Å². The van der Waals surface area contributed by atoms with Crippen LogP contribution in [-0.2, 0) is 23.6 Å². The average molecular weight is 387 g/mol. The quantitative estimate of drug-likeness (QED) is 0.686. The predicted molar refractivity (Wildman–Crippen MR) is 102 cm³/mol. The van der Waals surface area contributed by atoms with Gasteiger partial charge in [0.25, 0.3) is 0 Å². The van der Waals surface area contributed by atoms with Crippen LogP contribution in [0, 0.1) is 13.8 Å². The average Bonchev–Trinajstić information content (AvgIpc) is 2.93. The Bertz CT molecular complexity index is 1120. The largest absolute Gasteiger partial charge is 0.345 e. The number of pyridine rings is 1. The van der Waals surface area contributed by atoms with Gasteiger partial charge in [-0.2, -0.15) is 0 Å². The zero-order valence-corrected chi connectivity index (χ0v) is 16.2. The first-order chi connectivity index (χ1) is 12.8. The highest BCUT2D eigenvalue weighted by Crippen LogP contribution is 2.17. The molecule has 1 N–H and O–H groups in total. The summed E-state index contributed by atoms with van der Waals surface area (Å²) in [6.45, 7) is 3.81. The zero-order valence-electron chi connectivity index (χ0n) is 15.4. The van der Waals surface area contributed by atoms with Gasteiger partial charge in [0.15, 0.2) is 5.82 Å². The highest BCUT2D eigenvalue weighted by molar-refractivity contribution is 7.89. The molecular weight excluding hydrogens is 366 g/mol. The highest BCUT2D eigenvalue weighted by Gasteiger charge is 2.18. The van der Waals surface area contributed by atoms with Gasteiger partial charge in [-0.05, 0) is 43.2 Å². The van der Waals surface area contributed by atoms with E-state index in [1.54, 1.807) is 44.6 Å². The molecule has 0 unspecified atom stereocenters. The van der Waals surface area contributed by atoms with Crippen molar-refractivity contribution in [2.45, 2.75) is 25.3 Å². The van der Waals surface area contributed by atoms with Crippen molar-refractivity contribution in [2.24, 2.45) is 7.05 Å². The van der Waals surface area contributed by atoms with Gasteiger partial charge < -0.3 is 0 Å². The number of aryl methyl sites for hydroxylation is 1. The van der Waals surface area contributed by atoms with E-state index in [0.717, 1.165) is 5.56 Å². The second-order valence-electron chi connectivity index (χ2n) is 6.23. The summed E-state index contributed by atoms with van der Waals surface area (Å²) in [5, 5.41) is 4.30. The maximum Gasteiger partial charge on any atom is 0.345 e. The van der Waals surface area contributed by atoms with Crippen molar-refractivity contribution in [1.82, 2.24) is 24.1 Å². The molecule has 0 aliphatic heterocycles. The van der Waals surface area contributed by atoms with E-state index in [1.807, 2.05) is 19.1 Å². The van der Waals surface area contributed by atoms with Gasteiger partial charge in [-0.25, -0.2) is 22.6 Å². The van der Waals surface area contributed by atoms with Crippen LogP contribution in [0.2, 0.25) is 0 Å². The van der Waals surface area contributed by atoms with Crippen molar-refractivity contribution < 1.29 is 8.42 Å². The number of nitrogens with one attached hydrogen (secondary N) is 1. The summed E-state index contributed by atoms with van der Waals surface area (Å²) < 4.78 is 30.3. The van der Waals surface area contributed by atoms with Crippen molar-refractivity contribution in [3.8, 4) is 11.4 Å². The Balaban J connectivity index is 1.76. The summed E-state index contributed by atoms with van der Waals surface area (Å²) in [4.78, 5) is 16.6. The monoisotopic (exact) mass is 387 g/mol. The third kappa shape index (κ3) is 3.83. The van der Waals surface area contributed by atoms with Crippen LogP contribution in [-0.4, -0.2) is 34.3 Å². The molecule has 0 radical (unpaired) electrons. The van der Waals surface area contributed by atoms with E-state index < -0.39 is 10.0 Å². The summed E-state index contributed by atoms with van der Waals surface area (Å²) in [6.07, 6.45) is 3.26. The minimum absolute atomic E-state index is 0.0547. The molecule has 2 aromatic heterocycles. The number of rotatable bonds is 6. The molecule has 8 nitrogen and oxygen atoms in total. The number of hydrogen-bond acceptors (Lipinski definition) is 5. The van der Waals surface area contributed by atoms with Crippen molar-refractivity contribution >= 4 is 10.0 Å². The van der Waals surface area contributed by atoms with Crippen LogP contribution in [0.5, 0.6) is 0 Å². The third-order valence-corrected chi connectivity index (χ3v) is 6.03. The molecule has 0 atom stereocenters. The Kier molecular flexibility index (Phi) is 5.24. The molecule has 3 rings (SSSR count). The first-order valence-corrected chi connectivity index (χ1v) is 9.89. The van der Waals surface area contributed by atoms with Crippen LogP contribution in [0.15, 0.2) is 52.4 Å². The van der Waals surface area contributed by atoms with Gasteiger partial charge in [-0.1, -0.05) is 12.1 Å². The highest BCUT2D eigenvalue weighted by atomic mass is 32.2. The normalized spacial score (nSPS) is 11.7. The van der Waals surface area contributed by atoms with Crippen LogP contribution in [0.3, 0.4) is 0 Å². The number of aromatic nitrogens is 4. The van der Waals surface area contributed by atoms with Gasteiger partial charge in [0.05, 0.1) is 11.4 Å². The summed E-state index contributed by atoms with van der Waals surface area (Å²) in [7, 11) is -2.04. The molecule has 0 spiro atoms. The lowest BCUT2D eigenvalue weighted by molar-refractivity contribution is 0.550. The van der Waals surface area contributed by atoms with Crippen molar-refractivity contribution in [1.29, 1.82) is 0 Å². The van der Waals surface area contributed by atoms with Gasteiger partial charge in [-0.3, -0.25) is 9.55 Å². The molecule has 0 saturated heterocycles. The number of benzene rings is 1. The van der Waals surface area contributed by atoms with Crippen molar-refractivity contribution in [2.75, 3.05) is 6.54 Å². The summed E-state index contributed by atoms with van der Waals surface area (Å²) in [5.74, 6) is 0.477. The van der Waals surface area contributed by atoms with E-state index in [2.05, 4.69) is 14.8 Å². The van der Waals surface area contributed by atoms with Crippen molar-refractivity contribution in [3.63, 3.8) is 0 Å². The molecule has 0 bridgehead atoms. The fourth-order valence-electron chi connectivity index (χ4n) is 2.76. The Labute approximate surface area is 157 Å². The zero-order chi connectivity index (χ0) is 19.6. The smallest absolute Gasteiger partial charge is 0.278 e. The molecule has 9 heteroatoms. The lowest BCUT2D eigenvalue weighted by Gasteiger charge is -2.10. The van der Waals surface area contributed by atoms with E-state index in [0.29, 0.717) is 17.0 Å². The van der Waals surface area contributed by atoms with Gasteiger partial charge in [0.1, 0.15) is 0 Å². The van der Waals surface area contributed by atoms with Crippen LogP contribution in [0.25, 0.3) is 11.4 Å². The third-order valence-electron chi connectivity index (χ3n) is 4.42. The lowest BCUT2D eigenvalue weighted by Crippen LogP contribution is -2.32. The van der Waals surface area contributed by atoms with Crippen LogP contribution in [0.1, 0.15) is 11.1 Å². The molecule has 27 heavy (non-hydrogen) atoms. The first kappa shape index (κ1) is 19.0. The van der Waals surface area contributed by atoms with Gasteiger partial charge in [0, 0.05) is 31.5 Å². The minimum atomic E-state index is -3.66. The molecule has 3 aromatic rings. The fraction of sp³-hybridized carbons (Fsp3) is 0.278. The number of sulfonamides is 1. The van der Waals surface area contributed by atoms with Crippen LogP contribution in [0.4, 0.5) is 0 Å². The number of nitrogens with zero attached hydrogens (tertiary/aromatic N) is 4. The molecule has 1 aromatic carbocycles. The summed E-state index contributed by atoms with van der Waals surface area (Å²) in [5.41, 5.74) is 2.01. The fourth-order valence-corrected chi connectivity index (χ4v) is 4.10. The SMILES string of the molecule is Cc1cccc(S(=O)(=O)NCCn2nc(-c3cccnc3)n(C)c2=O)c1C. The molecule has 0 aliphatic carbocycles. The molecule has 0 fully saturated rings. The standard InChI is InChI=1S/C18H21N5O3S/c1-13-6-4-8-16(14(13)2)27(25,26)20-10-11-23-18(24)22(3)17(21-23)15-7-5-9-19-12-15/h4-9,12,20H,10-11H2,1-3H3. The van der Waals surface area contributed by atoms with Gasteiger partial charge in [0.2, 0.25) is 10.0 Å². The molecular formula is C18H21N5O3S. The molecule has 142 valence electrons. The maximum atomic E-state index is 12.5. The van der Waals surface area contributed by atoms with E-state index in [-0.39, 0.29) is 23.7 Å². The molecule has 0 aliphatic rings. The van der Waals surface area contributed by atoms with E-state index >= 15 is 0 Å². The second kappa shape index (κ2) is 7.45. The Morgan fingerprint density at radius 3 is 2.63 bits per heavy atom.